The molecule has 2 aromatic heterocycles. The molecule has 2 aliphatic carbocycles. The van der Waals surface area contributed by atoms with Gasteiger partial charge in [0.15, 0.2) is 0 Å². The van der Waals surface area contributed by atoms with Crippen LogP contribution in [0, 0.1) is 0 Å². The first-order valence-corrected chi connectivity index (χ1v) is 12.4. The lowest BCUT2D eigenvalue weighted by molar-refractivity contribution is -0.122. The minimum atomic E-state index is -0.126. The summed E-state index contributed by atoms with van der Waals surface area (Å²) >= 11 is 1.72. The molecule has 1 atom stereocenters. The molecule has 0 radical (unpaired) electrons. The van der Waals surface area contributed by atoms with Gasteiger partial charge in [0.2, 0.25) is 5.91 Å². The maximum absolute atomic E-state index is 13.2. The van der Waals surface area contributed by atoms with Crippen LogP contribution in [0.3, 0.4) is 0 Å². The lowest BCUT2D eigenvalue weighted by Crippen LogP contribution is -2.36. The highest BCUT2D eigenvalue weighted by Gasteiger charge is 2.34. The van der Waals surface area contributed by atoms with Crippen molar-refractivity contribution in [3.8, 4) is 0 Å². The molecule has 7 heteroatoms. The SMILES string of the molecule is CN(C)C1CCC(Nc2ncnc3sc4c(c23)C(C(=O)NCc2ccccc2)CC4)CC1. The van der Waals surface area contributed by atoms with Crippen LogP contribution in [0.15, 0.2) is 36.7 Å². The predicted molar refractivity (Wildman–Crippen MR) is 130 cm³/mol. The molecule has 0 aliphatic heterocycles. The molecule has 6 nitrogen and oxygen atoms in total. The van der Waals surface area contributed by atoms with E-state index in [1.54, 1.807) is 17.7 Å². The lowest BCUT2D eigenvalue weighted by atomic mass is 9.90. The van der Waals surface area contributed by atoms with E-state index in [0.29, 0.717) is 18.6 Å². The predicted octanol–water partition coefficient (Wildman–Crippen LogP) is 4.32. The van der Waals surface area contributed by atoms with Gasteiger partial charge < -0.3 is 15.5 Å². The van der Waals surface area contributed by atoms with E-state index in [1.807, 2.05) is 30.3 Å². The maximum atomic E-state index is 13.2. The second-order valence-electron chi connectivity index (χ2n) is 9.25. The second-order valence-corrected chi connectivity index (χ2v) is 10.3. The van der Waals surface area contributed by atoms with Gasteiger partial charge in [0, 0.05) is 23.5 Å². The molecule has 1 unspecified atom stereocenters. The summed E-state index contributed by atoms with van der Waals surface area (Å²) < 4.78 is 0. The molecular formula is C25H31N5OS. The third-order valence-electron chi connectivity index (χ3n) is 7.00. The van der Waals surface area contributed by atoms with E-state index in [4.69, 9.17) is 0 Å². The Balaban J connectivity index is 1.35. The summed E-state index contributed by atoms with van der Waals surface area (Å²) in [5, 5.41) is 7.94. The van der Waals surface area contributed by atoms with Crippen LogP contribution >= 0.6 is 11.3 Å². The van der Waals surface area contributed by atoms with E-state index in [1.165, 1.54) is 17.7 Å². The molecule has 2 heterocycles. The number of benzene rings is 1. The van der Waals surface area contributed by atoms with Gasteiger partial charge in [0.05, 0.1) is 11.3 Å². The zero-order valence-corrected chi connectivity index (χ0v) is 19.6. The number of thiophene rings is 1. The zero-order valence-electron chi connectivity index (χ0n) is 18.8. The molecule has 1 fully saturated rings. The molecule has 32 heavy (non-hydrogen) atoms. The van der Waals surface area contributed by atoms with Gasteiger partial charge in [-0.05, 0) is 63.7 Å². The second kappa shape index (κ2) is 9.16. The Kier molecular flexibility index (Phi) is 6.11. The molecule has 2 aliphatic rings. The van der Waals surface area contributed by atoms with Gasteiger partial charge in [-0.15, -0.1) is 11.3 Å². The minimum absolute atomic E-state index is 0.105. The molecule has 1 amide bonds. The normalized spacial score (nSPS) is 22.8. The Bertz CT molecular complexity index is 1090. The van der Waals surface area contributed by atoms with Gasteiger partial charge in [-0.2, -0.15) is 0 Å². The number of nitrogens with zero attached hydrogens (tertiary/aromatic N) is 3. The highest BCUT2D eigenvalue weighted by molar-refractivity contribution is 7.19. The summed E-state index contributed by atoms with van der Waals surface area (Å²) in [4.78, 5) is 27.0. The molecule has 168 valence electrons. The smallest absolute Gasteiger partial charge is 0.227 e. The summed E-state index contributed by atoms with van der Waals surface area (Å²) in [6, 6.07) is 11.2. The van der Waals surface area contributed by atoms with Crippen LogP contribution < -0.4 is 10.6 Å². The number of hydrogen-bond donors (Lipinski definition) is 2. The van der Waals surface area contributed by atoms with Gasteiger partial charge in [-0.3, -0.25) is 4.79 Å². The van der Waals surface area contributed by atoms with Crippen LogP contribution in [0.5, 0.6) is 0 Å². The Morgan fingerprint density at radius 1 is 1.09 bits per heavy atom. The maximum Gasteiger partial charge on any atom is 0.227 e. The van der Waals surface area contributed by atoms with Crippen molar-refractivity contribution >= 4 is 33.3 Å². The van der Waals surface area contributed by atoms with Crippen LogP contribution in [0.4, 0.5) is 5.82 Å². The number of aryl methyl sites for hydroxylation is 1. The summed E-state index contributed by atoms with van der Waals surface area (Å²) in [6.45, 7) is 0.560. The van der Waals surface area contributed by atoms with Gasteiger partial charge in [0.25, 0.3) is 0 Å². The van der Waals surface area contributed by atoms with Crippen molar-refractivity contribution < 1.29 is 4.79 Å². The third-order valence-corrected chi connectivity index (χ3v) is 8.18. The van der Waals surface area contributed by atoms with E-state index < -0.39 is 0 Å². The van der Waals surface area contributed by atoms with Crippen molar-refractivity contribution in [2.45, 2.75) is 63.1 Å². The molecule has 1 saturated carbocycles. The van der Waals surface area contributed by atoms with Gasteiger partial charge >= 0.3 is 0 Å². The van der Waals surface area contributed by atoms with Gasteiger partial charge in [-0.1, -0.05) is 30.3 Å². The van der Waals surface area contributed by atoms with Crippen LogP contribution in [0.1, 0.15) is 54.0 Å². The van der Waals surface area contributed by atoms with Crippen molar-refractivity contribution in [2.75, 3.05) is 19.4 Å². The number of nitrogens with one attached hydrogen (secondary N) is 2. The van der Waals surface area contributed by atoms with Crippen molar-refractivity contribution in [1.29, 1.82) is 0 Å². The number of aromatic nitrogens is 2. The lowest BCUT2D eigenvalue weighted by Gasteiger charge is -2.33. The number of anilines is 1. The van der Waals surface area contributed by atoms with Crippen molar-refractivity contribution in [3.63, 3.8) is 0 Å². The fourth-order valence-electron chi connectivity index (χ4n) is 5.18. The number of amides is 1. The van der Waals surface area contributed by atoms with E-state index in [-0.39, 0.29) is 11.8 Å². The van der Waals surface area contributed by atoms with E-state index >= 15 is 0 Å². The number of fused-ring (bicyclic) bond motifs is 3. The topological polar surface area (TPSA) is 70.1 Å². The molecule has 0 spiro atoms. The minimum Gasteiger partial charge on any atom is -0.367 e. The molecule has 2 N–H and O–H groups in total. The Labute approximate surface area is 193 Å². The number of carbonyl (C=O) groups is 1. The monoisotopic (exact) mass is 449 g/mol. The average molecular weight is 450 g/mol. The van der Waals surface area contributed by atoms with Gasteiger partial charge in [0.1, 0.15) is 17.0 Å². The van der Waals surface area contributed by atoms with Crippen molar-refractivity contribution in [1.82, 2.24) is 20.2 Å². The van der Waals surface area contributed by atoms with Gasteiger partial charge in [-0.25, -0.2) is 9.97 Å². The number of carbonyl (C=O) groups excluding carboxylic acids is 1. The third kappa shape index (κ3) is 4.24. The van der Waals surface area contributed by atoms with Crippen LogP contribution in [-0.4, -0.2) is 47.0 Å². The summed E-state index contributed by atoms with van der Waals surface area (Å²) in [7, 11) is 4.34. The Morgan fingerprint density at radius 3 is 2.62 bits per heavy atom. The van der Waals surface area contributed by atoms with Crippen molar-refractivity contribution in [2.24, 2.45) is 0 Å². The van der Waals surface area contributed by atoms with Crippen LogP contribution in [0.2, 0.25) is 0 Å². The van der Waals surface area contributed by atoms with E-state index in [0.717, 1.165) is 52.8 Å². The first-order valence-electron chi connectivity index (χ1n) is 11.6. The summed E-state index contributed by atoms with van der Waals surface area (Å²) in [5.41, 5.74) is 2.27. The largest absolute Gasteiger partial charge is 0.367 e. The van der Waals surface area contributed by atoms with Crippen molar-refractivity contribution in [3.05, 3.63) is 52.7 Å². The molecular weight excluding hydrogens is 418 g/mol. The van der Waals surface area contributed by atoms with Crippen LogP contribution in [-0.2, 0) is 17.8 Å². The van der Waals surface area contributed by atoms with E-state index in [9.17, 15) is 4.79 Å². The summed E-state index contributed by atoms with van der Waals surface area (Å²) in [6.07, 6.45) is 8.14. The molecule has 5 rings (SSSR count). The molecule has 0 bridgehead atoms. The molecule has 3 aromatic rings. The average Bonchev–Trinajstić information content (AvgIpc) is 3.38. The fourth-order valence-corrected chi connectivity index (χ4v) is 6.40. The standard InChI is InChI=1S/C25H31N5OS/c1-30(2)18-10-8-17(9-11-18)29-23-22-21-19(12-13-20(21)32-25(22)28-15-27-23)24(31)26-14-16-6-4-3-5-7-16/h3-7,15,17-19H,8-14H2,1-2H3,(H,26,31)(H,27,28,29). The molecule has 0 saturated heterocycles. The summed E-state index contributed by atoms with van der Waals surface area (Å²) in [5.74, 6) is 0.885. The number of hydrogen-bond acceptors (Lipinski definition) is 6. The zero-order chi connectivity index (χ0) is 22.1. The quantitative estimate of drug-likeness (QED) is 0.586. The number of rotatable bonds is 6. The van der Waals surface area contributed by atoms with Crippen LogP contribution in [0.25, 0.3) is 10.2 Å². The molecule has 1 aromatic carbocycles. The fraction of sp³-hybridized carbons (Fsp3) is 0.480. The first-order chi connectivity index (χ1) is 15.6. The Morgan fingerprint density at radius 2 is 1.88 bits per heavy atom. The highest BCUT2D eigenvalue weighted by Crippen LogP contribution is 2.45. The first kappa shape index (κ1) is 21.3. The highest BCUT2D eigenvalue weighted by atomic mass is 32.1. The van der Waals surface area contributed by atoms with E-state index in [2.05, 4.69) is 39.6 Å². The Hall–Kier alpha value is -2.51.